The third-order valence-corrected chi connectivity index (χ3v) is 22.2. The summed E-state index contributed by atoms with van der Waals surface area (Å²) in [5.74, 6) is -2.95. The molecule has 2 bridgehead atoms. The predicted molar refractivity (Wildman–Crippen MR) is 401 cm³/mol. The van der Waals surface area contributed by atoms with E-state index in [0.717, 1.165) is 68.3 Å². The van der Waals surface area contributed by atoms with E-state index >= 15 is 0 Å². The first kappa shape index (κ1) is 93.9. The third-order valence-electron chi connectivity index (χ3n) is 20.8. The van der Waals surface area contributed by atoms with Gasteiger partial charge < -0.3 is 91.0 Å². The zero-order chi connectivity index (χ0) is 77.8. The summed E-state index contributed by atoms with van der Waals surface area (Å²) in [6, 6.07) is -1.25. The highest BCUT2D eigenvalue weighted by Crippen LogP contribution is 2.38. The Morgan fingerprint density at radius 2 is 1.26 bits per heavy atom. The Labute approximate surface area is 629 Å². The van der Waals surface area contributed by atoms with Crippen LogP contribution in [0.5, 0.6) is 0 Å². The smallest absolute Gasteiger partial charge is 0.397 e. The molecule has 0 saturated carbocycles. The van der Waals surface area contributed by atoms with Gasteiger partial charge in [-0.25, -0.2) is 18.9 Å². The Kier molecular flexibility index (Phi) is 45.1. The van der Waals surface area contributed by atoms with Crippen LogP contribution < -0.4 is 11.1 Å². The van der Waals surface area contributed by atoms with E-state index in [-0.39, 0.29) is 124 Å². The molecule has 26 nitrogen and oxygen atoms in total. The van der Waals surface area contributed by atoms with E-state index in [1.807, 2.05) is 26.0 Å². The number of cyclic esters (lactones) is 1. The van der Waals surface area contributed by atoms with Crippen molar-refractivity contribution >= 4 is 33.6 Å². The Bertz CT molecular complexity index is 2850. The molecule has 1 saturated heterocycles. The van der Waals surface area contributed by atoms with Gasteiger partial charge in [-0.15, -0.1) is 11.3 Å². The highest BCUT2D eigenvalue weighted by atomic mass is 32.3. The van der Waals surface area contributed by atoms with Gasteiger partial charge in [-0.3, -0.25) is 9.35 Å². The first-order valence-electron chi connectivity index (χ1n) is 39.2. The van der Waals surface area contributed by atoms with Crippen molar-refractivity contribution in [3.05, 3.63) is 57.7 Å². The van der Waals surface area contributed by atoms with Gasteiger partial charge in [0, 0.05) is 42.9 Å². The SMILES string of the molecule is CO[C@@H]1C=C[C@@H](C)CC[C@@H](O)C[C@H](O)CCC[C@H](O)CCCC[C@@H](C)[C@H](OS(=O)(=O)O)[C@H](NC(=O)C(C)=C[C@H](C)[C@H](O)C[C@H](O)C[C@H](O)CCC[C@H](O)C[C@H](O)C[C@H](O)C[C@@H]2O[C@H](c3csc(CCCCCC[C@@H](C)N)n3)CC[C@H]2C)[C@@H](C)OC(=O)c2coc(n2)CCC[C@@H](O)C[C@@H](O)CCC[C@H](O)C1. The zero-order valence-corrected chi connectivity index (χ0v) is 65.6. The van der Waals surface area contributed by atoms with Crippen LogP contribution in [0, 0.1) is 23.7 Å². The van der Waals surface area contributed by atoms with Gasteiger partial charge in [-0.2, -0.15) is 8.42 Å². The second-order valence-corrected chi connectivity index (χ2v) is 33.0. The number of nitrogens with two attached hydrogens (primary N) is 1. The zero-order valence-electron chi connectivity index (χ0n) is 64.0. The molecule has 0 radical (unpaired) electrons. The van der Waals surface area contributed by atoms with E-state index in [9.17, 15) is 83.8 Å². The average molecular weight is 1530 g/mol. The number of nitrogens with zero attached hydrogens (tertiary/aromatic N) is 2. The molecule has 105 heavy (non-hydrogen) atoms. The number of allylic oxidation sites excluding steroid dienone is 1. The molecule has 2 aliphatic rings. The third kappa shape index (κ3) is 39.8. The van der Waals surface area contributed by atoms with E-state index in [2.05, 4.69) is 22.6 Å². The van der Waals surface area contributed by atoms with Gasteiger partial charge in [0.25, 0.3) is 0 Å². The summed E-state index contributed by atoms with van der Waals surface area (Å²) in [5.41, 5.74) is 6.57. The second-order valence-electron chi connectivity index (χ2n) is 31.1. The van der Waals surface area contributed by atoms with Crippen molar-refractivity contribution < 1.29 is 107 Å². The van der Waals surface area contributed by atoms with Gasteiger partial charge in [-0.05, 0) is 212 Å². The van der Waals surface area contributed by atoms with Crippen molar-refractivity contribution in [1.82, 2.24) is 15.3 Å². The summed E-state index contributed by atoms with van der Waals surface area (Å²) in [5, 5.41) is 137. The number of aryl methyl sites for hydroxylation is 2. The Hall–Kier alpha value is -3.47. The maximum Gasteiger partial charge on any atom is 0.397 e. The monoisotopic (exact) mass is 1530 g/mol. The summed E-state index contributed by atoms with van der Waals surface area (Å²) >= 11 is 1.66. The molecule has 1 fully saturated rings. The van der Waals surface area contributed by atoms with Crippen molar-refractivity contribution in [2.24, 2.45) is 29.4 Å². The Balaban J connectivity index is 1.34. The number of unbranched alkanes of at least 4 members (excludes halogenated alkanes) is 3. The molecule has 2 aliphatic heterocycles. The number of amides is 1. The van der Waals surface area contributed by atoms with Gasteiger partial charge in [0.15, 0.2) is 11.6 Å². The quantitative estimate of drug-likeness (QED) is 0.0119. The van der Waals surface area contributed by atoms with Crippen LogP contribution in [0.1, 0.15) is 287 Å². The van der Waals surface area contributed by atoms with Crippen molar-refractivity contribution in [1.29, 1.82) is 0 Å². The van der Waals surface area contributed by atoms with Crippen LogP contribution in [0.15, 0.2) is 39.9 Å². The summed E-state index contributed by atoms with van der Waals surface area (Å²) < 4.78 is 64.3. The fraction of sp³-hybridized carbons (Fsp3) is 0.844. The molecule has 0 aromatic carbocycles. The maximum absolute atomic E-state index is 14.2. The number of esters is 1. The number of carbonyl (C=O) groups excluding carboxylic acids is 2. The molecule has 2 aromatic heterocycles. The number of aliphatic hydroxyl groups excluding tert-OH is 12. The minimum absolute atomic E-state index is 0.0176. The molecule has 1 amide bonds. The number of oxazole rings is 1. The molecule has 23 atom stereocenters. The first-order chi connectivity index (χ1) is 49.7. The van der Waals surface area contributed by atoms with Gasteiger partial charge in [0.05, 0.1) is 102 Å². The topological polar surface area (TPSA) is 445 Å². The van der Waals surface area contributed by atoms with Crippen LogP contribution in [0.3, 0.4) is 0 Å². The van der Waals surface area contributed by atoms with Crippen LogP contribution in [0.2, 0.25) is 0 Å². The number of fused-ring (bicyclic) bond motifs is 2. The first-order valence-corrected chi connectivity index (χ1v) is 41.4. The minimum atomic E-state index is -5.24. The highest BCUT2D eigenvalue weighted by molar-refractivity contribution is 7.80. The van der Waals surface area contributed by atoms with E-state index < -0.39 is 126 Å². The molecule has 0 aliphatic carbocycles. The van der Waals surface area contributed by atoms with Gasteiger partial charge in [0.2, 0.25) is 5.91 Å². The number of hydrogen-bond donors (Lipinski definition) is 15. The van der Waals surface area contributed by atoms with Crippen LogP contribution >= 0.6 is 11.3 Å². The fourth-order valence-corrected chi connectivity index (χ4v) is 15.7. The van der Waals surface area contributed by atoms with Crippen molar-refractivity contribution in [2.45, 2.75) is 383 Å². The summed E-state index contributed by atoms with van der Waals surface area (Å²) in [6.45, 7) is 12.2. The minimum Gasteiger partial charge on any atom is -0.456 e. The second kappa shape index (κ2) is 50.4. The summed E-state index contributed by atoms with van der Waals surface area (Å²) in [7, 11) is -3.67. The largest absolute Gasteiger partial charge is 0.456 e. The van der Waals surface area contributed by atoms with Gasteiger partial charge in [-0.1, -0.05) is 78.0 Å². The fourth-order valence-electron chi connectivity index (χ4n) is 14.2. The number of hydrogen-bond acceptors (Lipinski definition) is 25. The normalized spacial score (nSPS) is 30.0. The summed E-state index contributed by atoms with van der Waals surface area (Å²) in [6.07, 6.45) is 7.45. The molecule has 4 rings (SSSR count). The molecule has 16 N–H and O–H groups in total. The lowest BCUT2D eigenvalue weighted by atomic mass is 9.88. The molecule has 28 heteroatoms. The Morgan fingerprint density at radius 1 is 0.676 bits per heavy atom. The van der Waals surface area contributed by atoms with Crippen molar-refractivity contribution in [3.8, 4) is 0 Å². The molecule has 4 heterocycles. The molecule has 608 valence electrons. The number of aliphatic hydroxyl groups is 12. The average Bonchev–Trinajstić information content (AvgIpc) is 1.80. The molecular weight excluding hydrogens is 1400 g/mol. The van der Waals surface area contributed by atoms with Crippen LogP contribution in [0.25, 0.3) is 0 Å². The lowest BCUT2D eigenvalue weighted by molar-refractivity contribution is -0.120. The number of aromatic nitrogens is 2. The number of nitrogens with one attached hydrogen (secondary N) is 1. The van der Waals surface area contributed by atoms with Crippen LogP contribution in [0.4, 0.5) is 0 Å². The number of rotatable bonds is 29. The lowest BCUT2D eigenvalue weighted by Crippen LogP contribution is -2.55. The highest BCUT2D eigenvalue weighted by Gasteiger charge is 2.40. The summed E-state index contributed by atoms with van der Waals surface area (Å²) in [4.78, 5) is 37.2. The van der Waals surface area contributed by atoms with Gasteiger partial charge >= 0.3 is 16.4 Å². The molecular formula is C77H136N4O22S2. The number of ether oxygens (including phenoxy) is 3. The number of methoxy groups -OCH3 is 1. The van der Waals surface area contributed by atoms with Crippen molar-refractivity contribution in [2.75, 3.05) is 7.11 Å². The van der Waals surface area contributed by atoms with E-state index in [1.165, 1.54) is 19.9 Å². The standard InChI is InChI=1S/C77H136N4O22S2/c1-48-31-34-62(89)39-57(84)23-15-22-55(82)21-14-13-19-50(3)75(103-105(96,97)98)74(54(7)101-77(95)67-46-100-72(79-67)29-18-28-58(85)38-56(83)24-17-27-61(88)43-66(99-8)35-32-48)81-76(94)52(5)37-51(4)69(93)44-64(91)41-60(87)26-16-25-59(86)40-63(90)42-65(92)45-71-49(2)33-36-70(102-71)68-47-104-73(80-68)30-12-10-9-11-20-53(6)78/h32,35,37,46-51,53-66,69-71,74-75,82-93H,9-31,33-34,36,38-45,78H2,1-8H3,(H,81,94)(H,96,97,98)/t48-,49+,50+,51-,53+,54+,55+,56-,57+,58+,59-,60+,61-,62+,63-,64+,65-,66+,69+,70-,71-,74+,75-/m0/s1. The van der Waals surface area contributed by atoms with E-state index in [0.29, 0.717) is 96.3 Å². The van der Waals surface area contributed by atoms with Gasteiger partial charge in [0.1, 0.15) is 24.6 Å². The number of carbonyl (C=O) groups is 2. The van der Waals surface area contributed by atoms with Crippen LogP contribution in [-0.4, -0.2) is 213 Å². The molecule has 2 aromatic rings. The van der Waals surface area contributed by atoms with E-state index in [4.69, 9.17) is 33.5 Å². The van der Waals surface area contributed by atoms with Crippen LogP contribution in [-0.2, 0) is 46.4 Å². The maximum atomic E-state index is 14.2. The molecule has 0 spiro atoms. The van der Waals surface area contributed by atoms with E-state index in [1.54, 1.807) is 32.3 Å². The number of thiazole rings is 1. The lowest BCUT2D eigenvalue weighted by Gasteiger charge is -2.35. The molecule has 0 unspecified atom stereocenters. The predicted octanol–water partition coefficient (Wildman–Crippen LogP) is 8.81. The Morgan fingerprint density at radius 3 is 1.90 bits per heavy atom. The van der Waals surface area contributed by atoms with Crippen molar-refractivity contribution in [3.63, 3.8) is 0 Å².